The van der Waals surface area contributed by atoms with Crippen LogP contribution in [0.3, 0.4) is 0 Å². The van der Waals surface area contributed by atoms with Crippen LogP contribution < -0.4 is 4.74 Å². The van der Waals surface area contributed by atoms with Crippen LogP contribution in [0, 0.1) is 0 Å². The summed E-state index contributed by atoms with van der Waals surface area (Å²) in [5.74, 6) is 1.52. The summed E-state index contributed by atoms with van der Waals surface area (Å²) in [7, 11) is 0. The molecule has 1 unspecified atom stereocenters. The molecule has 1 aliphatic heterocycles. The number of aliphatic hydroxyl groups excluding tert-OH is 1. The Hall–Kier alpha value is -1.80. The van der Waals surface area contributed by atoms with E-state index in [2.05, 4.69) is 24.3 Å². The van der Waals surface area contributed by atoms with Gasteiger partial charge in [0, 0.05) is 12.0 Å². The van der Waals surface area contributed by atoms with E-state index in [0.29, 0.717) is 12.3 Å². The summed E-state index contributed by atoms with van der Waals surface area (Å²) in [6.45, 7) is 0. The fraction of sp³-hybridized carbons (Fsp3) is 0.333. The Kier molecular flexibility index (Phi) is 2.78. The van der Waals surface area contributed by atoms with E-state index in [-0.39, 0.29) is 6.10 Å². The van der Waals surface area contributed by atoms with Crippen LogP contribution >= 0.6 is 0 Å². The van der Waals surface area contributed by atoms with Crippen LogP contribution in [-0.4, -0.2) is 5.11 Å². The highest BCUT2D eigenvalue weighted by Crippen LogP contribution is 2.47. The van der Waals surface area contributed by atoms with Crippen molar-refractivity contribution in [3.8, 4) is 5.75 Å². The molecule has 2 nitrogen and oxygen atoms in total. The van der Waals surface area contributed by atoms with Crippen molar-refractivity contribution in [2.75, 3.05) is 0 Å². The lowest BCUT2D eigenvalue weighted by Crippen LogP contribution is -2.20. The molecule has 2 aliphatic rings. The maximum atomic E-state index is 10.4. The zero-order valence-corrected chi connectivity index (χ0v) is 11.3. The molecular weight excluding hydrogens is 248 g/mol. The molecule has 2 aromatic rings. The number of rotatable bonds is 2. The first-order valence-corrected chi connectivity index (χ1v) is 7.35. The van der Waals surface area contributed by atoms with Gasteiger partial charge in [0.15, 0.2) is 0 Å². The van der Waals surface area contributed by atoms with Gasteiger partial charge in [0.1, 0.15) is 11.9 Å². The van der Waals surface area contributed by atoms with Gasteiger partial charge in [-0.2, -0.15) is 0 Å². The van der Waals surface area contributed by atoms with Crippen molar-refractivity contribution in [2.24, 2.45) is 0 Å². The molecule has 0 aromatic heterocycles. The first kappa shape index (κ1) is 12.0. The minimum absolute atomic E-state index is 0.0308. The van der Waals surface area contributed by atoms with Gasteiger partial charge in [0.05, 0.1) is 6.10 Å². The predicted molar refractivity (Wildman–Crippen MR) is 77.8 cm³/mol. The second kappa shape index (κ2) is 4.64. The van der Waals surface area contributed by atoms with E-state index < -0.39 is 6.10 Å². The summed E-state index contributed by atoms with van der Waals surface area (Å²) in [4.78, 5) is 0. The third kappa shape index (κ3) is 2.01. The number of para-hydroxylation sites is 1. The third-order valence-electron chi connectivity index (χ3n) is 4.34. The maximum absolute atomic E-state index is 10.4. The van der Waals surface area contributed by atoms with Gasteiger partial charge in [-0.3, -0.25) is 0 Å². The first-order valence-electron chi connectivity index (χ1n) is 7.35. The highest BCUT2D eigenvalue weighted by molar-refractivity contribution is 5.41. The predicted octanol–water partition coefficient (Wildman–Crippen LogP) is 4.12. The highest BCUT2D eigenvalue weighted by Gasteiger charge is 2.32. The van der Waals surface area contributed by atoms with E-state index >= 15 is 0 Å². The molecule has 0 radical (unpaired) electrons. The number of ether oxygens (including phenoxy) is 1. The molecule has 2 heteroatoms. The number of hydrogen-bond donors (Lipinski definition) is 1. The van der Waals surface area contributed by atoms with E-state index in [0.717, 1.165) is 11.3 Å². The van der Waals surface area contributed by atoms with Crippen LogP contribution in [0.4, 0.5) is 0 Å². The third-order valence-corrected chi connectivity index (χ3v) is 4.34. The molecule has 0 saturated heterocycles. The smallest absolute Gasteiger partial charge is 0.127 e. The molecule has 1 N–H and O–H groups in total. The summed E-state index contributed by atoms with van der Waals surface area (Å²) in [5, 5.41) is 10.4. The number of fused-ring (bicyclic) bond motifs is 1. The fourth-order valence-corrected chi connectivity index (χ4v) is 3.15. The molecular formula is C18H18O2. The SMILES string of the molecule is O[C@H]1CC(c2ccccc2C2CC2)Oc2ccccc21. The lowest BCUT2D eigenvalue weighted by molar-refractivity contribution is 0.0653. The summed E-state index contributed by atoms with van der Waals surface area (Å²) < 4.78 is 6.15. The Morgan fingerprint density at radius 2 is 1.50 bits per heavy atom. The standard InChI is InChI=1S/C18H18O2/c19-16-11-18(20-17-8-4-3-7-15(16)17)14-6-2-1-5-13(14)12-9-10-12/h1-8,12,16,18-19H,9-11H2/t16-,18?/m0/s1. The average molecular weight is 266 g/mol. The summed E-state index contributed by atoms with van der Waals surface area (Å²) >= 11 is 0. The van der Waals surface area contributed by atoms with Crippen molar-refractivity contribution in [2.45, 2.75) is 37.4 Å². The van der Waals surface area contributed by atoms with Gasteiger partial charge in [0.25, 0.3) is 0 Å². The van der Waals surface area contributed by atoms with Crippen molar-refractivity contribution >= 4 is 0 Å². The summed E-state index contributed by atoms with van der Waals surface area (Å²) in [5.41, 5.74) is 3.57. The molecule has 0 amide bonds. The fourth-order valence-electron chi connectivity index (χ4n) is 3.15. The topological polar surface area (TPSA) is 29.5 Å². The van der Waals surface area contributed by atoms with Crippen LogP contribution in [0.25, 0.3) is 0 Å². The van der Waals surface area contributed by atoms with Crippen molar-refractivity contribution in [3.05, 3.63) is 65.2 Å². The minimum atomic E-state index is -0.433. The van der Waals surface area contributed by atoms with Gasteiger partial charge in [0.2, 0.25) is 0 Å². The molecule has 1 fully saturated rings. The molecule has 2 aromatic carbocycles. The second-order valence-corrected chi connectivity index (χ2v) is 5.80. The molecule has 20 heavy (non-hydrogen) atoms. The van der Waals surface area contributed by atoms with Crippen molar-refractivity contribution in [3.63, 3.8) is 0 Å². The zero-order valence-electron chi connectivity index (χ0n) is 11.3. The minimum Gasteiger partial charge on any atom is -0.485 e. The van der Waals surface area contributed by atoms with Gasteiger partial charge in [-0.1, -0.05) is 42.5 Å². The van der Waals surface area contributed by atoms with Gasteiger partial charge >= 0.3 is 0 Å². The van der Waals surface area contributed by atoms with Crippen LogP contribution in [0.5, 0.6) is 5.75 Å². The Balaban J connectivity index is 1.71. The quantitative estimate of drug-likeness (QED) is 0.886. The van der Waals surface area contributed by atoms with Crippen molar-refractivity contribution in [1.82, 2.24) is 0 Å². The van der Waals surface area contributed by atoms with Gasteiger partial charge in [-0.15, -0.1) is 0 Å². The number of benzene rings is 2. The number of hydrogen-bond acceptors (Lipinski definition) is 2. The normalized spacial score (nSPS) is 24.9. The summed E-state index contributed by atoms with van der Waals surface area (Å²) in [6, 6.07) is 16.3. The molecule has 1 aliphatic carbocycles. The molecule has 0 bridgehead atoms. The largest absolute Gasteiger partial charge is 0.485 e. The first-order chi connectivity index (χ1) is 9.83. The Labute approximate surface area is 119 Å². The van der Waals surface area contributed by atoms with Crippen LogP contribution in [-0.2, 0) is 0 Å². The van der Waals surface area contributed by atoms with E-state index in [9.17, 15) is 5.11 Å². The Morgan fingerprint density at radius 1 is 0.850 bits per heavy atom. The van der Waals surface area contributed by atoms with Crippen molar-refractivity contribution < 1.29 is 9.84 Å². The van der Waals surface area contributed by atoms with Gasteiger partial charge in [-0.25, -0.2) is 0 Å². The molecule has 2 atom stereocenters. The van der Waals surface area contributed by atoms with Crippen LogP contribution in [0.1, 0.15) is 54.1 Å². The van der Waals surface area contributed by atoms with E-state index in [4.69, 9.17) is 4.74 Å². The molecule has 4 rings (SSSR count). The van der Waals surface area contributed by atoms with E-state index in [1.807, 2.05) is 24.3 Å². The lowest BCUT2D eigenvalue weighted by atomic mass is 9.91. The van der Waals surface area contributed by atoms with Gasteiger partial charge in [-0.05, 0) is 36.0 Å². The maximum Gasteiger partial charge on any atom is 0.127 e. The van der Waals surface area contributed by atoms with Crippen LogP contribution in [0.2, 0.25) is 0 Å². The Bertz CT molecular complexity index is 631. The molecule has 1 heterocycles. The van der Waals surface area contributed by atoms with Gasteiger partial charge < -0.3 is 9.84 Å². The van der Waals surface area contributed by atoms with E-state index in [1.165, 1.54) is 24.0 Å². The van der Waals surface area contributed by atoms with Crippen LogP contribution in [0.15, 0.2) is 48.5 Å². The number of aliphatic hydroxyl groups is 1. The zero-order chi connectivity index (χ0) is 13.5. The monoisotopic (exact) mass is 266 g/mol. The molecule has 102 valence electrons. The lowest BCUT2D eigenvalue weighted by Gasteiger charge is -2.31. The average Bonchev–Trinajstić information content (AvgIpc) is 3.32. The Morgan fingerprint density at radius 3 is 2.25 bits per heavy atom. The molecule has 0 spiro atoms. The summed E-state index contributed by atoms with van der Waals surface area (Å²) in [6.07, 6.45) is 2.74. The van der Waals surface area contributed by atoms with Crippen molar-refractivity contribution in [1.29, 1.82) is 0 Å². The van der Waals surface area contributed by atoms with E-state index in [1.54, 1.807) is 0 Å². The molecule has 1 saturated carbocycles. The second-order valence-electron chi connectivity index (χ2n) is 5.80. The highest BCUT2D eigenvalue weighted by atomic mass is 16.5.